The number of nitrogens with zero attached hydrogens (tertiary/aromatic N) is 1. The molecule has 1 N–H and O–H groups in total. The van der Waals surface area contributed by atoms with Crippen molar-refractivity contribution in [1.29, 1.82) is 0 Å². The number of ether oxygens (including phenoxy) is 1. The Morgan fingerprint density at radius 1 is 1.41 bits per heavy atom. The first-order chi connectivity index (χ1) is 10.5. The van der Waals surface area contributed by atoms with Crippen molar-refractivity contribution in [3.05, 3.63) is 28.2 Å². The Hall–Kier alpha value is -1.56. The number of piperidine rings is 1. The van der Waals surface area contributed by atoms with Crippen molar-refractivity contribution in [2.75, 3.05) is 13.7 Å². The van der Waals surface area contributed by atoms with Crippen LogP contribution < -0.4 is 4.74 Å². The maximum Gasteiger partial charge on any atom is 0.303 e. The van der Waals surface area contributed by atoms with E-state index in [2.05, 4.69) is 15.9 Å². The lowest BCUT2D eigenvalue weighted by Crippen LogP contribution is -2.44. The molecule has 1 aliphatic rings. The fraction of sp³-hybridized carbons (Fsp3) is 0.500. The van der Waals surface area contributed by atoms with E-state index in [0.717, 1.165) is 23.7 Å². The minimum Gasteiger partial charge on any atom is -0.496 e. The average Bonchev–Trinajstić information content (AvgIpc) is 2.52. The van der Waals surface area contributed by atoms with Crippen molar-refractivity contribution in [2.24, 2.45) is 0 Å². The largest absolute Gasteiger partial charge is 0.496 e. The van der Waals surface area contributed by atoms with Crippen LogP contribution in [0, 0.1) is 0 Å². The molecule has 0 spiro atoms. The van der Waals surface area contributed by atoms with Crippen LogP contribution in [0.4, 0.5) is 0 Å². The second-order valence-corrected chi connectivity index (χ2v) is 6.28. The first-order valence-corrected chi connectivity index (χ1v) is 8.18. The molecule has 1 unspecified atom stereocenters. The summed E-state index contributed by atoms with van der Waals surface area (Å²) in [5.41, 5.74) is 0.593. The van der Waals surface area contributed by atoms with Crippen molar-refractivity contribution >= 4 is 27.8 Å². The molecule has 0 bridgehead atoms. The summed E-state index contributed by atoms with van der Waals surface area (Å²) in [5, 5.41) is 8.86. The van der Waals surface area contributed by atoms with E-state index in [4.69, 9.17) is 9.84 Å². The highest BCUT2D eigenvalue weighted by atomic mass is 79.9. The molecule has 120 valence electrons. The van der Waals surface area contributed by atoms with E-state index in [-0.39, 0.29) is 18.4 Å². The number of methoxy groups -OCH3 is 1. The summed E-state index contributed by atoms with van der Waals surface area (Å²) >= 11 is 3.39. The highest BCUT2D eigenvalue weighted by Gasteiger charge is 2.28. The van der Waals surface area contributed by atoms with Crippen LogP contribution >= 0.6 is 15.9 Å². The zero-order chi connectivity index (χ0) is 16.1. The van der Waals surface area contributed by atoms with Gasteiger partial charge < -0.3 is 14.7 Å². The predicted molar refractivity (Wildman–Crippen MR) is 86.2 cm³/mol. The second-order valence-electron chi connectivity index (χ2n) is 5.43. The van der Waals surface area contributed by atoms with Gasteiger partial charge in [0, 0.05) is 24.6 Å². The normalized spacial score (nSPS) is 18.1. The molecule has 1 aliphatic heterocycles. The Morgan fingerprint density at radius 2 is 2.18 bits per heavy atom. The first-order valence-electron chi connectivity index (χ1n) is 7.39. The van der Waals surface area contributed by atoms with E-state index in [1.807, 2.05) is 4.90 Å². The van der Waals surface area contributed by atoms with Crippen LogP contribution in [-0.2, 0) is 4.79 Å². The number of halogens is 1. The number of carboxylic acid groups (broad SMARTS) is 1. The van der Waals surface area contributed by atoms with Gasteiger partial charge in [-0.3, -0.25) is 9.59 Å². The summed E-state index contributed by atoms with van der Waals surface area (Å²) in [6.45, 7) is 0.687. The van der Waals surface area contributed by atoms with Gasteiger partial charge in [-0.2, -0.15) is 0 Å². The summed E-state index contributed by atoms with van der Waals surface area (Å²) in [6.07, 6.45) is 3.49. The number of rotatable bonds is 5. The zero-order valence-electron chi connectivity index (χ0n) is 12.5. The number of aliphatic carboxylic acids is 1. The minimum absolute atomic E-state index is 0.0122. The van der Waals surface area contributed by atoms with Crippen molar-refractivity contribution in [2.45, 2.75) is 38.1 Å². The zero-order valence-corrected chi connectivity index (χ0v) is 14.1. The van der Waals surface area contributed by atoms with Crippen LogP contribution in [0.2, 0.25) is 0 Å². The Kier molecular flexibility index (Phi) is 5.83. The van der Waals surface area contributed by atoms with Crippen LogP contribution in [0.15, 0.2) is 22.7 Å². The highest BCUT2D eigenvalue weighted by Crippen LogP contribution is 2.28. The Labute approximate surface area is 138 Å². The number of carbonyl (C=O) groups is 2. The molecule has 1 aromatic carbocycles. The smallest absolute Gasteiger partial charge is 0.303 e. The topological polar surface area (TPSA) is 66.8 Å². The van der Waals surface area contributed by atoms with Crippen molar-refractivity contribution in [1.82, 2.24) is 4.90 Å². The third-order valence-corrected chi connectivity index (χ3v) is 4.60. The lowest BCUT2D eigenvalue weighted by molar-refractivity contribution is -0.137. The molecule has 1 heterocycles. The molecule has 0 radical (unpaired) electrons. The molecule has 1 atom stereocenters. The third kappa shape index (κ3) is 4.00. The molecule has 1 fully saturated rings. The van der Waals surface area contributed by atoms with Crippen LogP contribution in [-0.4, -0.2) is 41.6 Å². The maximum absolute atomic E-state index is 12.7. The number of carboxylic acids is 1. The van der Waals surface area contributed by atoms with E-state index in [1.165, 1.54) is 0 Å². The molecule has 5 nitrogen and oxygen atoms in total. The average molecular weight is 370 g/mol. The molecule has 1 amide bonds. The van der Waals surface area contributed by atoms with Gasteiger partial charge in [0.2, 0.25) is 0 Å². The predicted octanol–water partition coefficient (Wildman–Crippen LogP) is 3.32. The molecule has 0 aromatic heterocycles. The summed E-state index contributed by atoms with van der Waals surface area (Å²) in [6, 6.07) is 5.27. The van der Waals surface area contributed by atoms with Crippen LogP contribution in [0.5, 0.6) is 5.75 Å². The van der Waals surface area contributed by atoms with Crippen LogP contribution in [0.25, 0.3) is 0 Å². The van der Waals surface area contributed by atoms with Crippen molar-refractivity contribution in [3.63, 3.8) is 0 Å². The standard InChI is InChI=1S/C16H20BrNO4/c1-22-14-7-5-11(10-13(14)17)16(21)18-9-3-2-4-12(18)6-8-15(19)20/h5,7,10,12H,2-4,6,8-9H2,1H3,(H,19,20). The van der Waals surface area contributed by atoms with Gasteiger partial charge >= 0.3 is 5.97 Å². The molecular weight excluding hydrogens is 350 g/mol. The van der Waals surface area contributed by atoms with Gasteiger partial charge in [0.25, 0.3) is 5.91 Å². The maximum atomic E-state index is 12.7. The van der Waals surface area contributed by atoms with E-state index in [9.17, 15) is 9.59 Å². The van der Waals surface area contributed by atoms with E-state index < -0.39 is 5.97 Å². The van der Waals surface area contributed by atoms with E-state index >= 15 is 0 Å². The second kappa shape index (κ2) is 7.63. The molecule has 0 aliphatic carbocycles. The summed E-state index contributed by atoms with van der Waals surface area (Å²) < 4.78 is 5.91. The molecule has 2 rings (SSSR count). The number of benzene rings is 1. The number of likely N-dealkylation sites (tertiary alicyclic amines) is 1. The number of hydrogen-bond donors (Lipinski definition) is 1. The first kappa shape index (κ1) is 16.8. The molecule has 1 aromatic rings. The molecule has 0 saturated carbocycles. The van der Waals surface area contributed by atoms with Crippen molar-refractivity contribution < 1.29 is 19.4 Å². The number of carbonyl (C=O) groups excluding carboxylic acids is 1. The van der Waals surface area contributed by atoms with Crippen LogP contribution in [0.1, 0.15) is 42.5 Å². The van der Waals surface area contributed by atoms with Gasteiger partial charge in [0.1, 0.15) is 5.75 Å². The van der Waals surface area contributed by atoms with Gasteiger partial charge in [-0.15, -0.1) is 0 Å². The van der Waals surface area contributed by atoms with Crippen LogP contribution in [0.3, 0.4) is 0 Å². The summed E-state index contributed by atoms with van der Waals surface area (Å²) in [4.78, 5) is 25.3. The monoisotopic (exact) mass is 369 g/mol. The van der Waals surface area contributed by atoms with Gasteiger partial charge in [0.15, 0.2) is 0 Å². The summed E-state index contributed by atoms with van der Waals surface area (Å²) in [5.74, 6) is -0.179. The lowest BCUT2D eigenvalue weighted by atomic mass is 9.97. The minimum atomic E-state index is -0.815. The molecule has 1 saturated heterocycles. The van der Waals surface area contributed by atoms with Gasteiger partial charge in [0.05, 0.1) is 11.6 Å². The Morgan fingerprint density at radius 3 is 2.82 bits per heavy atom. The van der Waals surface area contributed by atoms with Gasteiger partial charge in [-0.25, -0.2) is 0 Å². The number of amides is 1. The number of hydrogen-bond acceptors (Lipinski definition) is 3. The molecular formula is C16H20BrNO4. The van der Waals surface area contributed by atoms with Crippen molar-refractivity contribution in [3.8, 4) is 5.75 Å². The highest BCUT2D eigenvalue weighted by molar-refractivity contribution is 9.10. The van der Waals surface area contributed by atoms with Gasteiger partial charge in [-0.1, -0.05) is 0 Å². The van der Waals surface area contributed by atoms with Gasteiger partial charge in [-0.05, 0) is 59.8 Å². The molecule has 6 heteroatoms. The Bertz CT molecular complexity index is 561. The SMILES string of the molecule is COc1ccc(C(=O)N2CCCCC2CCC(=O)O)cc1Br. The molecule has 22 heavy (non-hydrogen) atoms. The fourth-order valence-corrected chi connectivity index (χ4v) is 3.36. The van der Waals surface area contributed by atoms with E-state index in [0.29, 0.717) is 24.3 Å². The Balaban J connectivity index is 2.14. The fourth-order valence-electron chi connectivity index (χ4n) is 2.82. The quantitative estimate of drug-likeness (QED) is 0.864. The summed E-state index contributed by atoms with van der Waals surface area (Å²) in [7, 11) is 1.58. The lowest BCUT2D eigenvalue weighted by Gasteiger charge is -2.35. The van der Waals surface area contributed by atoms with E-state index in [1.54, 1.807) is 25.3 Å². The third-order valence-electron chi connectivity index (χ3n) is 3.98.